The van der Waals surface area contributed by atoms with Crippen LogP contribution in [0.1, 0.15) is 21.3 Å². The molecule has 1 unspecified atom stereocenters. The SMILES string of the molecule is COc1cccc(C(CNC(=O)c2cc(Br)cs2)OC)c1. The summed E-state index contributed by atoms with van der Waals surface area (Å²) in [5.41, 5.74) is 0.963. The number of nitrogens with one attached hydrogen (secondary N) is 1. The van der Waals surface area contributed by atoms with Gasteiger partial charge in [0.1, 0.15) is 5.75 Å². The molecule has 0 aliphatic rings. The number of carbonyl (C=O) groups is 1. The topological polar surface area (TPSA) is 47.6 Å². The van der Waals surface area contributed by atoms with E-state index in [1.165, 1.54) is 11.3 Å². The van der Waals surface area contributed by atoms with Gasteiger partial charge in [-0.1, -0.05) is 12.1 Å². The highest BCUT2D eigenvalue weighted by molar-refractivity contribution is 9.10. The third kappa shape index (κ3) is 4.30. The number of carbonyl (C=O) groups excluding carboxylic acids is 1. The van der Waals surface area contributed by atoms with E-state index in [1.807, 2.05) is 29.6 Å². The van der Waals surface area contributed by atoms with Gasteiger partial charge in [0.15, 0.2) is 0 Å². The predicted molar refractivity (Wildman–Crippen MR) is 87.1 cm³/mol. The van der Waals surface area contributed by atoms with E-state index in [9.17, 15) is 4.79 Å². The molecular formula is C15H16BrNO3S. The highest BCUT2D eigenvalue weighted by Crippen LogP contribution is 2.22. The molecule has 21 heavy (non-hydrogen) atoms. The molecule has 112 valence electrons. The van der Waals surface area contributed by atoms with Crippen molar-refractivity contribution in [2.75, 3.05) is 20.8 Å². The zero-order valence-electron chi connectivity index (χ0n) is 11.8. The monoisotopic (exact) mass is 369 g/mol. The van der Waals surface area contributed by atoms with Gasteiger partial charge >= 0.3 is 0 Å². The smallest absolute Gasteiger partial charge is 0.261 e. The molecule has 1 aromatic carbocycles. The van der Waals surface area contributed by atoms with Crippen LogP contribution in [0.4, 0.5) is 0 Å². The summed E-state index contributed by atoms with van der Waals surface area (Å²) in [7, 11) is 3.25. The van der Waals surface area contributed by atoms with E-state index in [4.69, 9.17) is 9.47 Å². The number of amides is 1. The number of hydrogen-bond acceptors (Lipinski definition) is 4. The van der Waals surface area contributed by atoms with Crippen molar-refractivity contribution in [1.29, 1.82) is 0 Å². The molecule has 1 N–H and O–H groups in total. The standard InChI is InChI=1S/C15H16BrNO3S/c1-19-12-5-3-4-10(6-12)13(20-2)8-17-15(18)14-7-11(16)9-21-14/h3-7,9,13H,8H2,1-2H3,(H,17,18). The van der Waals surface area contributed by atoms with Gasteiger partial charge in [0.2, 0.25) is 0 Å². The molecule has 1 atom stereocenters. The summed E-state index contributed by atoms with van der Waals surface area (Å²) in [6, 6.07) is 9.43. The molecule has 1 amide bonds. The van der Waals surface area contributed by atoms with Crippen molar-refractivity contribution in [1.82, 2.24) is 5.32 Å². The molecule has 2 rings (SSSR count). The Bertz CT molecular complexity index is 614. The molecule has 0 bridgehead atoms. The summed E-state index contributed by atoms with van der Waals surface area (Å²) < 4.78 is 11.6. The van der Waals surface area contributed by atoms with E-state index in [0.717, 1.165) is 15.8 Å². The fourth-order valence-electron chi connectivity index (χ4n) is 1.88. The van der Waals surface area contributed by atoms with Gasteiger partial charge < -0.3 is 14.8 Å². The second-order valence-electron chi connectivity index (χ2n) is 4.34. The zero-order valence-corrected chi connectivity index (χ0v) is 14.2. The van der Waals surface area contributed by atoms with Crippen LogP contribution in [0.2, 0.25) is 0 Å². The summed E-state index contributed by atoms with van der Waals surface area (Å²) in [6.07, 6.45) is -0.215. The average Bonchev–Trinajstić information content (AvgIpc) is 2.94. The first kappa shape index (κ1) is 16.0. The first-order valence-electron chi connectivity index (χ1n) is 6.33. The lowest BCUT2D eigenvalue weighted by atomic mass is 10.1. The summed E-state index contributed by atoms with van der Waals surface area (Å²) >= 11 is 4.74. The lowest BCUT2D eigenvalue weighted by molar-refractivity contribution is 0.0830. The normalized spacial score (nSPS) is 12.0. The van der Waals surface area contributed by atoms with Gasteiger partial charge in [0.25, 0.3) is 5.91 Å². The van der Waals surface area contributed by atoms with Gasteiger partial charge in [-0.05, 0) is 39.7 Å². The molecule has 0 spiro atoms. The minimum atomic E-state index is -0.215. The molecule has 0 aliphatic carbocycles. The largest absolute Gasteiger partial charge is 0.497 e. The molecule has 0 saturated heterocycles. The van der Waals surface area contributed by atoms with Crippen molar-refractivity contribution < 1.29 is 14.3 Å². The Kier molecular flexibility index (Phi) is 5.78. The molecule has 6 heteroatoms. The molecule has 1 aromatic heterocycles. The number of hydrogen-bond donors (Lipinski definition) is 1. The summed E-state index contributed by atoms with van der Waals surface area (Å²) in [5.74, 6) is 0.665. The highest BCUT2D eigenvalue weighted by atomic mass is 79.9. The first-order chi connectivity index (χ1) is 10.1. The van der Waals surface area contributed by atoms with Crippen LogP contribution in [0, 0.1) is 0 Å². The molecule has 2 aromatic rings. The zero-order chi connectivity index (χ0) is 15.2. The second kappa shape index (κ2) is 7.59. The van der Waals surface area contributed by atoms with Crippen LogP contribution in [0.3, 0.4) is 0 Å². The molecule has 0 fully saturated rings. The number of halogens is 1. The Morgan fingerprint density at radius 1 is 1.38 bits per heavy atom. The number of methoxy groups -OCH3 is 2. The minimum Gasteiger partial charge on any atom is -0.497 e. The number of rotatable bonds is 6. The van der Waals surface area contributed by atoms with E-state index >= 15 is 0 Å². The Labute approximate surface area is 136 Å². The van der Waals surface area contributed by atoms with Crippen LogP contribution in [0.15, 0.2) is 40.2 Å². The van der Waals surface area contributed by atoms with Crippen LogP contribution in [-0.2, 0) is 4.74 Å². The van der Waals surface area contributed by atoms with Gasteiger partial charge in [-0.3, -0.25) is 4.79 Å². The Morgan fingerprint density at radius 2 is 2.19 bits per heavy atom. The maximum atomic E-state index is 12.0. The second-order valence-corrected chi connectivity index (χ2v) is 6.17. The van der Waals surface area contributed by atoms with E-state index in [2.05, 4.69) is 21.2 Å². The maximum absolute atomic E-state index is 12.0. The lowest BCUT2D eigenvalue weighted by Crippen LogP contribution is -2.28. The fraction of sp³-hybridized carbons (Fsp3) is 0.267. The third-order valence-electron chi connectivity index (χ3n) is 2.99. The van der Waals surface area contributed by atoms with Crippen molar-refractivity contribution in [2.24, 2.45) is 0 Å². The highest BCUT2D eigenvalue weighted by Gasteiger charge is 2.14. The number of ether oxygens (including phenoxy) is 2. The van der Waals surface area contributed by atoms with E-state index in [1.54, 1.807) is 20.3 Å². The van der Waals surface area contributed by atoms with Crippen molar-refractivity contribution >= 4 is 33.2 Å². The summed E-state index contributed by atoms with van der Waals surface area (Å²) in [5, 5.41) is 4.76. The van der Waals surface area contributed by atoms with E-state index in [-0.39, 0.29) is 12.0 Å². The fourth-order valence-corrected chi connectivity index (χ4v) is 3.23. The predicted octanol–water partition coefficient (Wildman–Crippen LogP) is 3.64. The Morgan fingerprint density at radius 3 is 2.81 bits per heavy atom. The van der Waals surface area contributed by atoms with Gasteiger partial charge in [-0.25, -0.2) is 0 Å². The van der Waals surface area contributed by atoms with Crippen LogP contribution in [-0.4, -0.2) is 26.7 Å². The molecule has 1 heterocycles. The van der Waals surface area contributed by atoms with Gasteiger partial charge in [0.05, 0.1) is 18.1 Å². The number of thiophene rings is 1. The van der Waals surface area contributed by atoms with Crippen LogP contribution < -0.4 is 10.1 Å². The first-order valence-corrected chi connectivity index (χ1v) is 8.00. The van der Waals surface area contributed by atoms with Gasteiger partial charge in [0, 0.05) is 23.5 Å². The van der Waals surface area contributed by atoms with Crippen LogP contribution in [0.5, 0.6) is 5.75 Å². The van der Waals surface area contributed by atoms with E-state index < -0.39 is 0 Å². The van der Waals surface area contributed by atoms with Crippen LogP contribution in [0.25, 0.3) is 0 Å². The van der Waals surface area contributed by atoms with Gasteiger partial charge in [-0.2, -0.15) is 0 Å². The quantitative estimate of drug-likeness (QED) is 0.845. The minimum absolute atomic E-state index is 0.101. The lowest BCUT2D eigenvalue weighted by Gasteiger charge is -2.17. The Hall–Kier alpha value is -1.37. The molecule has 4 nitrogen and oxygen atoms in total. The van der Waals surface area contributed by atoms with E-state index in [0.29, 0.717) is 11.4 Å². The van der Waals surface area contributed by atoms with Crippen molar-refractivity contribution in [3.8, 4) is 5.75 Å². The van der Waals surface area contributed by atoms with Gasteiger partial charge in [-0.15, -0.1) is 11.3 Å². The van der Waals surface area contributed by atoms with Crippen molar-refractivity contribution in [3.63, 3.8) is 0 Å². The molecular weight excluding hydrogens is 354 g/mol. The molecule has 0 radical (unpaired) electrons. The summed E-state index contributed by atoms with van der Waals surface area (Å²) in [4.78, 5) is 12.7. The Balaban J connectivity index is 2.00. The molecule has 0 aliphatic heterocycles. The maximum Gasteiger partial charge on any atom is 0.261 e. The average molecular weight is 370 g/mol. The number of benzene rings is 1. The van der Waals surface area contributed by atoms with Crippen LogP contribution >= 0.6 is 27.3 Å². The van der Waals surface area contributed by atoms with Crippen molar-refractivity contribution in [3.05, 3.63) is 50.6 Å². The summed E-state index contributed by atoms with van der Waals surface area (Å²) in [6.45, 7) is 0.401. The van der Waals surface area contributed by atoms with Crippen molar-refractivity contribution in [2.45, 2.75) is 6.10 Å². The third-order valence-corrected chi connectivity index (χ3v) is 4.68. The molecule has 0 saturated carbocycles.